The highest BCUT2D eigenvalue weighted by Crippen LogP contribution is 2.21. The fraction of sp³-hybridized carbons (Fsp3) is 0.188. The lowest BCUT2D eigenvalue weighted by atomic mass is 10.0. The molecule has 4 heteroatoms. The van der Waals surface area contributed by atoms with E-state index in [1.54, 1.807) is 36.0 Å². The fourth-order valence-corrected chi connectivity index (χ4v) is 2.43. The SMILES string of the molecule is C#CCSCCNC(=O)c1ccc(F)c2ccccc12. The van der Waals surface area contributed by atoms with Crippen LogP contribution in [0.15, 0.2) is 36.4 Å². The molecule has 0 atom stereocenters. The van der Waals surface area contributed by atoms with Crippen molar-refractivity contribution in [1.82, 2.24) is 5.32 Å². The molecular formula is C16H14FNOS. The fourth-order valence-electron chi connectivity index (χ4n) is 1.92. The minimum Gasteiger partial charge on any atom is -0.351 e. The van der Waals surface area contributed by atoms with Gasteiger partial charge in [0.25, 0.3) is 5.91 Å². The normalized spacial score (nSPS) is 10.2. The van der Waals surface area contributed by atoms with Gasteiger partial charge >= 0.3 is 0 Å². The summed E-state index contributed by atoms with van der Waals surface area (Å²) in [4.78, 5) is 12.1. The monoisotopic (exact) mass is 287 g/mol. The van der Waals surface area contributed by atoms with Gasteiger partial charge in [0.2, 0.25) is 0 Å². The Balaban J connectivity index is 2.11. The molecule has 0 saturated heterocycles. The zero-order chi connectivity index (χ0) is 14.4. The number of hydrogen-bond donors (Lipinski definition) is 1. The first-order valence-electron chi connectivity index (χ1n) is 6.20. The number of halogens is 1. The summed E-state index contributed by atoms with van der Waals surface area (Å²) in [5, 5.41) is 3.90. The van der Waals surface area contributed by atoms with Crippen LogP contribution in [0.3, 0.4) is 0 Å². The summed E-state index contributed by atoms with van der Waals surface area (Å²) in [6.45, 7) is 0.539. The van der Waals surface area contributed by atoms with Crippen molar-refractivity contribution in [3.63, 3.8) is 0 Å². The molecule has 0 unspecified atom stereocenters. The van der Waals surface area contributed by atoms with Gasteiger partial charge in [-0.15, -0.1) is 18.2 Å². The largest absolute Gasteiger partial charge is 0.351 e. The van der Waals surface area contributed by atoms with Gasteiger partial charge in [0.15, 0.2) is 0 Å². The maximum absolute atomic E-state index is 13.7. The summed E-state index contributed by atoms with van der Waals surface area (Å²) >= 11 is 1.59. The van der Waals surface area contributed by atoms with Crippen molar-refractivity contribution >= 4 is 28.4 Å². The second-order valence-electron chi connectivity index (χ2n) is 4.15. The lowest BCUT2D eigenvalue weighted by Crippen LogP contribution is -2.26. The van der Waals surface area contributed by atoms with E-state index < -0.39 is 0 Å². The van der Waals surface area contributed by atoms with Gasteiger partial charge in [-0.1, -0.05) is 30.2 Å². The topological polar surface area (TPSA) is 29.1 Å². The van der Waals surface area contributed by atoms with Gasteiger partial charge in [-0.25, -0.2) is 4.39 Å². The van der Waals surface area contributed by atoms with Crippen molar-refractivity contribution in [1.29, 1.82) is 0 Å². The van der Waals surface area contributed by atoms with E-state index in [4.69, 9.17) is 6.42 Å². The predicted molar refractivity (Wildman–Crippen MR) is 82.4 cm³/mol. The molecule has 0 fully saturated rings. The van der Waals surface area contributed by atoms with Crippen molar-refractivity contribution in [2.24, 2.45) is 0 Å². The molecular weight excluding hydrogens is 273 g/mol. The Morgan fingerprint density at radius 2 is 2.00 bits per heavy atom. The van der Waals surface area contributed by atoms with Crippen molar-refractivity contribution < 1.29 is 9.18 Å². The number of thioether (sulfide) groups is 1. The molecule has 2 rings (SSSR count). The molecule has 102 valence electrons. The average molecular weight is 287 g/mol. The van der Waals surface area contributed by atoms with E-state index in [1.165, 1.54) is 12.1 Å². The van der Waals surface area contributed by atoms with Crippen LogP contribution < -0.4 is 5.32 Å². The van der Waals surface area contributed by atoms with Gasteiger partial charge in [0.05, 0.1) is 5.75 Å². The number of hydrogen-bond acceptors (Lipinski definition) is 2. The second kappa shape index (κ2) is 6.97. The molecule has 0 radical (unpaired) electrons. The quantitative estimate of drug-likeness (QED) is 0.676. The molecule has 0 spiro atoms. The Kier molecular flexibility index (Phi) is 5.03. The van der Waals surface area contributed by atoms with Crippen molar-refractivity contribution in [2.75, 3.05) is 18.1 Å². The highest BCUT2D eigenvalue weighted by Gasteiger charge is 2.11. The molecule has 0 aliphatic heterocycles. The van der Waals surface area contributed by atoms with Crippen LogP contribution in [-0.4, -0.2) is 24.0 Å². The number of fused-ring (bicyclic) bond motifs is 1. The van der Waals surface area contributed by atoms with Crippen molar-refractivity contribution in [2.45, 2.75) is 0 Å². The number of benzene rings is 2. The number of terminal acetylenes is 1. The third-order valence-corrected chi connectivity index (χ3v) is 3.70. The molecule has 0 saturated carbocycles. The number of nitrogens with one attached hydrogen (secondary N) is 1. The first kappa shape index (κ1) is 14.4. The Labute approximate surface area is 121 Å². The summed E-state index contributed by atoms with van der Waals surface area (Å²) in [5.41, 5.74) is 0.490. The first-order chi connectivity index (χ1) is 9.74. The number of amides is 1. The Morgan fingerprint density at radius 1 is 1.25 bits per heavy atom. The number of carbonyl (C=O) groups excluding carboxylic acids is 1. The Hall–Kier alpha value is -1.99. The van der Waals surface area contributed by atoms with Crippen LogP contribution >= 0.6 is 11.8 Å². The average Bonchev–Trinajstić information content (AvgIpc) is 2.47. The summed E-state index contributed by atoms with van der Waals surface area (Å²) in [7, 11) is 0. The Bertz CT molecular complexity index is 663. The second-order valence-corrected chi connectivity index (χ2v) is 5.26. The molecule has 1 amide bonds. The predicted octanol–water partition coefficient (Wildman–Crippen LogP) is 3.08. The summed E-state index contributed by atoms with van der Waals surface area (Å²) < 4.78 is 13.7. The first-order valence-corrected chi connectivity index (χ1v) is 7.36. The lowest BCUT2D eigenvalue weighted by Gasteiger charge is -2.08. The molecule has 2 nitrogen and oxygen atoms in total. The molecule has 2 aromatic rings. The van der Waals surface area contributed by atoms with E-state index in [9.17, 15) is 9.18 Å². The molecule has 20 heavy (non-hydrogen) atoms. The standard InChI is InChI=1S/C16H14FNOS/c1-2-10-20-11-9-18-16(19)14-7-8-15(17)13-6-4-3-5-12(13)14/h1,3-8H,9-11H2,(H,18,19). The van der Waals surface area contributed by atoms with Crippen molar-refractivity contribution in [3.05, 3.63) is 47.8 Å². The van der Waals surface area contributed by atoms with Gasteiger partial charge in [0.1, 0.15) is 5.82 Å². The highest BCUT2D eigenvalue weighted by atomic mass is 32.2. The van der Waals surface area contributed by atoms with Gasteiger partial charge in [-0.2, -0.15) is 0 Å². The molecule has 0 heterocycles. The van der Waals surface area contributed by atoms with E-state index in [1.807, 2.05) is 0 Å². The minimum absolute atomic E-state index is 0.192. The van der Waals surface area contributed by atoms with E-state index in [2.05, 4.69) is 11.2 Å². The molecule has 0 aliphatic carbocycles. The Morgan fingerprint density at radius 3 is 2.75 bits per heavy atom. The van der Waals surface area contributed by atoms with Crippen LogP contribution in [0.1, 0.15) is 10.4 Å². The number of carbonyl (C=O) groups is 1. The number of rotatable bonds is 5. The summed E-state index contributed by atoms with van der Waals surface area (Å²) in [6.07, 6.45) is 5.14. The van der Waals surface area contributed by atoms with Gasteiger partial charge in [0, 0.05) is 23.2 Å². The maximum Gasteiger partial charge on any atom is 0.251 e. The molecule has 2 aromatic carbocycles. The van der Waals surface area contributed by atoms with E-state index >= 15 is 0 Å². The van der Waals surface area contributed by atoms with E-state index in [-0.39, 0.29) is 11.7 Å². The van der Waals surface area contributed by atoms with Crippen LogP contribution in [0.5, 0.6) is 0 Å². The molecule has 0 aliphatic rings. The van der Waals surface area contributed by atoms with E-state index in [0.717, 1.165) is 5.75 Å². The lowest BCUT2D eigenvalue weighted by molar-refractivity contribution is 0.0958. The zero-order valence-corrected chi connectivity index (χ0v) is 11.7. The van der Waals surface area contributed by atoms with Crippen LogP contribution in [0, 0.1) is 18.2 Å². The van der Waals surface area contributed by atoms with Crippen LogP contribution in [0.25, 0.3) is 10.8 Å². The maximum atomic E-state index is 13.7. The van der Waals surface area contributed by atoms with E-state index in [0.29, 0.717) is 28.6 Å². The van der Waals surface area contributed by atoms with Gasteiger partial charge in [-0.05, 0) is 17.5 Å². The minimum atomic E-state index is -0.318. The summed E-state index contributed by atoms with van der Waals surface area (Å²) in [6, 6.07) is 9.81. The summed E-state index contributed by atoms with van der Waals surface area (Å²) in [5.74, 6) is 3.41. The molecule has 0 aromatic heterocycles. The third kappa shape index (κ3) is 3.31. The highest BCUT2D eigenvalue weighted by molar-refractivity contribution is 7.99. The van der Waals surface area contributed by atoms with Gasteiger partial charge < -0.3 is 5.32 Å². The molecule has 0 bridgehead atoms. The van der Waals surface area contributed by atoms with Crippen LogP contribution in [0.4, 0.5) is 4.39 Å². The zero-order valence-electron chi connectivity index (χ0n) is 10.9. The van der Waals surface area contributed by atoms with Gasteiger partial charge in [-0.3, -0.25) is 4.79 Å². The van der Waals surface area contributed by atoms with Crippen LogP contribution in [-0.2, 0) is 0 Å². The molecule has 1 N–H and O–H groups in total. The smallest absolute Gasteiger partial charge is 0.251 e. The van der Waals surface area contributed by atoms with Crippen LogP contribution in [0.2, 0.25) is 0 Å². The van der Waals surface area contributed by atoms with Crippen molar-refractivity contribution in [3.8, 4) is 12.3 Å². The third-order valence-electron chi connectivity index (χ3n) is 2.83.